The van der Waals surface area contributed by atoms with E-state index in [1.165, 1.54) is 12.3 Å². The number of carboxylic acid groups (broad SMARTS) is 2. The summed E-state index contributed by atoms with van der Waals surface area (Å²) in [5, 5.41) is 21.1. The van der Waals surface area contributed by atoms with Gasteiger partial charge in [0.05, 0.1) is 5.92 Å². The minimum atomic E-state index is -1.34. The third-order valence-electron chi connectivity index (χ3n) is 5.02. The molecular formula is C24H23N3O5. The van der Waals surface area contributed by atoms with Crippen LogP contribution in [0.3, 0.4) is 0 Å². The number of aromatic carboxylic acids is 1. The molecule has 2 atom stereocenters. The van der Waals surface area contributed by atoms with Gasteiger partial charge in [0.1, 0.15) is 5.69 Å². The molecule has 3 rings (SSSR count). The molecule has 3 N–H and O–H groups in total. The first-order chi connectivity index (χ1) is 15.3. The molecule has 2 aromatic carbocycles. The summed E-state index contributed by atoms with van der Waals surface area (Å²) in [6.45, 7) is 1.58. The van der Waals surface area contributed by atoms with E-state index in [9.17, 15) is 19.5 Å². The highest BCUT2D eigenvalue weighted by molar-refractivity contribution is 5.93. The Hall–Kier alpha value is -4.07. The van der Waals surface area contributed by atoms with Crippen molar-refractivity contribution in [3.05, 3.63) is 83.9 Å². The summed E-state index contributed by atoms with van der Waals surface area (Å²) in [6.07, 6.45) is 1.82. The van der Waals surface area contributed by atoms with Crippen molar-refractivity contribution in [1.82, 2.24) is 15.3 Å². The van der Waals surface area contributed by atoms with E-state index in [1.807, 2.05) is 54.6 Å². The number of nitrogens with zero attached hydrogens (tertiary/aromatic N) is 2. The van der Waals surface area contributed by atoms with Crippen LogP contribution < -0.4 is 5.32 Å². The van der Waals surface area contributed by atoms with E-state index >= 15 is 0 Å². The Morgan fingerprint density at radius 3 is 2.22 bits per heavy atom. The zero-order valence-electron chi connectivity index (χ0n) is 17.4. The van der Waals surface area contributed by atoms with E-state index in [-0.39, 0.29) is 12.1 Å². The monoisotopic (exact) mass is 433 g/mol. The molecule has 32 heavy (non-hydrogen) atoms. The van der Waals surface area contributed by atoms with E-state index in [1.54, 1.807) is 6.92 Å². The molecule has 0 saturated heterocycles. The largest absolute Gasteiger partial charge is 0.481 e. The molecule has 2 unspecified atom stereocenters. The molecule has 0 aliphatic rings. The van der Waals surface area contributed by atoms with Crippen LogP contribution in [-0.2, 0) is 11.2 Å². The van der Waals surface area contributed by atoms with Crippen molar-refractivity contribution in [2.45, 2.75) is 25.8 Å². The van der Waals surface area contributed by atoms with Crippen molar-refractivity contribution in [2.24, 2.45) is 5.92 Å². The first-order valence-corrected chi connectivity index (χ1v) is 10.1. The van der Waals surface area contributed by atoms with Gasteiger partial charge >= 0.3 is 11.9 Å². The van der Waals surface area contributed by atoms with Crippen LogP contribution in [0.25, 0.3) is 11.1 Å². The average molecular weight is 433 g/mol. The zero-order valence-corrected chi connectivity index (χ0v) is 17.4. The number of hydrogen-bond donors (Lipinski definition) is 3. The van der Waals surface area contributed by atoms with Crippen molar-refractivity contribution < 1.29 is 24.6 Å². The number of benzene rings is 2. The number of carbonyl (C=O) groups is 3. The van der Waals surface area contributed by atoms with Crippen LogP contribution in [0, 0.1) is 5.92 Å². The molecule has 1 aromatic heterocycles. The number of rotatable bonds is 9. The number of carboxylic acids is 2. The molecule has 164 valence electrons. The Balaban J connectivity index is 1.77. The lowest BCUT2D eigenvalue weighted by atomic mass is 9.95. The summed E-state index contributed by atoms with van der Waals surface area (Å²) >= 11 is 0. The molecule has 0 fully saturated rings. The van der Waals surface area contributed by atoms with Crippen LogP contribution in [0.15, 0.2) is 66.9 Å². The second kappa shape index (κ2) is 10.3. The van der Waals surface area contributed by atoms with Gasteiger partial charge in [0, 0.05) is 12.2 Å². The molecule has 8 nitrogen and oxygen atoms in total. The molecule has 0 aliphatic carbocycles. The maximum absolute atomic E-state index is 12.7. The van der Waals surface area contributed by atoms with Crippen LogP contribution in [0.5, 0.6) is 0 Å². The molecule has 0 radical (unpaired) electrons. The normalized spacial score (nSPS) is 12.5. The minimum absolute atomic E-state index is 0.0928. The molecule has 3 aromatic rings. The number of amides is 1. The summed E-state index contributed by atoms with van der Waals surface area (Å²) in [4.78, 5) is 42.5. The minimum Gasteiger partial charge on any atom is -0.481 e. The number of aliphatic carboxylic acids is 1. The van der Waals surface area contributed by atoms with Gasteiger partial charge in [0.2, 0.25) is 5.82 Å². The van der Waals surface area contributed by atoms with Crippen molar-refractivity contribution in [2.75, 3.05) is 0 Å². The quantitative estimate of drug-likeness (QED) is 0.472. The topological polar surface area (TPSA) is 129 Å². The maximum atomic E-state index is 12.7. The van der Waals surface area contributed by atoms with E-state index in [0.717, 1.165) is 16.7 Å². The predicted molar refractivity (Wildman–Crippen MR) is 117 cm³/mol. The molecule has 1 amide bonds. The number of carbonyl (C=O) groups excluding carboxylic acids is 1. The van der Waals surface area contributed by atoms with Crippen LogP contribution in [0.4, 0.5) is 0 Å². The Kier molecular flexibility index (Phi) is 7.28. The molecule has 8 heteroatoms. The maximum Gasteiger partial charge on any atom is 0.373 e. The zero-order chi connectivity index (χ0) is 23.1. The molecule has 0 aliphatic heterocycles. The highest BCUT2D eigenvalue weighted by Crippen LogP contribution is 2.20. The summed E-state index contributed by atoms with van der Waals surface area (Å²) in [7, 11) is 0. The van der Waals surface area contributed by atoms with E-state index < -0.39 is 35.6 Å². The smallest absolute Gasteiger partial charge is 0.373 e. The SMILES string of the molecule is CC(CC(Cc1ccc(-c2ccccc2)cc1)NC(=O)c1ccnc(C(=O)O)n1)C(=O)O. The second-order valence-corrected chi connectivity index (χ2v) is 7.48. The fraction of sp³-hybridized carbons (Fsp3) is 0.208. The Bertz CT molecular complexity index is 1100. The van der Waals surface area contributed by atoms with Gasteiger partial charge in [-0.15, -0.1) is 0 Å². The van der Waals surface area contributed by atoms with Crippen molar-refractivity contribution in [3.63, 3.8) is 0 Å². The molecule has 1 heterocycles. The van der Waals surface area contributed by atoms with E-state index in [4.69, 9.17) is 5.11 Å². The van der Waals surface area contributed by atoms with Crippen LogP contribution >= 0.6 is 0 Å². The average Bonchev–Trinajstić information content (AvgIpc) is 2.80. The number of aromatic nitrogens is 2. The van der Waals surface area contributed by atoms with Gasteiger partial charge in [-0.05, 0) is 35.6 Å². The Morgan fingerprint density at radius 1 is 0.938 bits per heavy atom. The van der Waals surface area contributed by atoms with E-state index in [2.05, 4.69) is 15.3 Å². The molecular weight excluding hydrogens is 410 g/mol. The lowest BCUT2D eigenvalue weighted by Crippen LogP contribution is -2.39. The molecule has 0 saturated carbocycles. The lowest BCUT2D eigenvalue weighted by molar-refractivity contribution is -0.141. The van der Waals surface area contributed by atoms with Gasteiger partial charge in [0.25, 0.3) is 5.91 Å². The van der Waals surface area contributed by atoms with Gasteiger partial charge in [0.15, 0.2) is 0 Å². The van der Waals surface area contributed by atoms with Gasteiger partial charge in [-0.25, -0.2) is 14.8 Å². The van der Waals surface area contributed by atoms with Gasteiger partial charge in [-0.2, -0.15) is 0 Å². The highest BCUT2D eigenvalue weighted by atomic mass is 16.4. The summed E-state index contributed by atoms with van der Waals surface area (Å²) in [5.41, 5.74) is 2.98. The highest BCUT2D eigenvalue weighted by Gasteiger charge is 2.22. The Morgan fingerprint density at radius 2 is 1.59 bits per heavy atom. The first kappa shape index (κ1) is 22.6. The van der Waals surface area contributed by atoms with Crippen LogP contribution in [0.1, 0.15) is 40.0 Å². The van der Waals surface area contributed by atoms with Crippen LogP contribution in [0.2, 0.25) is 0 Å². The number of hydrogen-bond acceptors (Lipinski definition) is 5. The fourth-order valence-corrected chi connectivity index (χ4v) is 3.32. The summed E-state index contributed by atoms with van der Waals surface area (Å²) in [6, 6.07) is 18.6. The third kappa shape index (κ3) is 5.98. The number of nitrogens with one attached hydrogen (secondary N) is 1. The van der Waals surface area contributed by atoms with Gasteiger partial charge < -0.3 is 15.5 Å². The molecule has 0 bridgehead atoms. The lowest BCUT2D eigenvalue weighted by Gasteiger charge is -2.21. The van der Waals surface area contributed by atoms with Crippen molar-refractivity contribution in [3.8, 4) is 11.1 Å². The third-order valence-corrected chi connectivity index (χ3v) is 5.02. The standard InChI is InChI=1S/C24H23N3O5/c1-15(23(29)30)13-19(26-22(28)20-11-12-25-21(27-20)24(31)32)14-16-7-9-18(10-8-16)17-5-3-2-4-6-17/h2-12,15,19H,13-14H2,1H3,(H,26,28)(H,29,30)(H,31,32). The first-order valence-electron chi connectivity index (χ1n) is 10.1. The predicted octanol–water partition coefficient (Wildman–Crippen LogP) is 3.29. The van der Waals surface area contributed by atoms with Crippen molar-refractivity contribution in [1.29, 1.82) is 0 Å². The van der Waals surface area contributed by atoms with Crippen molar-refractivity contribution >= 4 is 17.8 Å². The van der Waals surface area contributed by atoms with Gasteiger partial charge in [-0.3, -0.25) is 9.59 Å². The van der Waals surface area contributed by atoms with Crippen LogP contribution in [-0.4, -0.2) is 44.1 Å². The Labute approximate surface area is 185 Å². The van der Waals surface area contributed by atoms with E-state index in [0.29, 0.717) is 6.42 Å². The van der Waals surface area contributed by atoms with Gasteiger partial charge in [-0.1, -0.05) is 61.5 Å². The molecule has 0 spiro atoms. The summed E-state index contributed by atoms with van der Waals surface area (Å²) < 4.78 is 0. The second-order valence-electron chi connectivity index (χ2n) is 7.48. The summed E-state index contributed by atoms with van der Waals surface area (Å²) in [5.74, 6) is -4.04. The fourth-order valence-electron chi connectivity index (χ4n) is 3.32.